The van der Waals surface area contributed by atoms with Crippen LogP contribution in [0.25, 0.3) is 0 Å². The lowest BCUT2D eigenvalue weighted by Gasteiger charge is -2.23. The summed E-state index contributed by atoms with van der Waals surface area (Å²) in [4.78, 5) is 62.1. The van der Waals surface area contributed by atoms with Crippen LogP contribution >= 0.6 is 0 Å². The molecule has 0 unspecified atom stereocenters. The van der Waals surface area contributed by atoms with Gasteiger partial charge in [-0.15, -0.1) is 0 Å². The number of aromatic nitrogens is 2. The highest BCUT2D eigenvalue weighted by Gasteiger charge is 2.39. The zero-order chi connectivity index (χ0) is 30.3. The van der Waals surface area contributed by atoms with E-state index in [1.54, 1.807) is 10.6 Å². The Hall–Kier alpha value is -3.29. The largest absolute Gasteiger partial charge is 0.471 e. The van der Waals surface area contributed by atoms with Gasteiger partial charge in [-0.25, -0.2) is 4.79 Å². The number of carbonyl (C=O) groups excluding carboxylic acids is 3. The average molecular weight is 591 g/mol. The average Bonchev–Trinajstić information content (AvgIpc) is 3.22. The van der Waals surface area contributed by atoms with Crippen LogP contribution in [0.5, 0.6) is 0 Å². The van der Waals surface area contributed by atoms with E-state index in [0.29, 0.717) is 0 Å². The molecule has 2 amide bonds. The number of ether oxygens (including phenoxy) is 1. The maximum Gasteiger partial charge on any atom is 0.471 e. The molecule has 2 heterocycles. The number of nitrogens with one attached hydrogen (secondary N) is 3. The molecule has 1 fully saturated rings. The molecule has 1 aromatic heterocycles. The molecule has 40 heavy (non-hydrogen) atoms. The molecule has 2 rings (SSSR count). The summed E-state index contributed by atoms with van der Waals surface area (Å²) in [6.07, 6.45) is -13.3. The Morgan fingerprint density at radius 3 is 2.05 bits per heavy atom. The quantitative estimate of drug-likeness (QED) is 0.168. The fourth-order valence-electron chi connectivity index (χ4n) is 3.69. The number of amides is 2. The maximum atomic E-state index is 12.6. The van der Waals surface area contributed by atoms with Crippen molar-refractivity contribution >= 4 is 17.6 Å². The Bertz CT molecular complexity index is 1140. The van der Waals surface area contributed by atoms with E-state index in [1.165, 1.54) is 4.90 Å². The molecule has 3 atom stereocenters. The van der Waals surface area contributed by atoms with E-state index in [2.05, 4.69) is 0 Å². The zero-order valence-corrected chi connectivity index (χ0v) is 20.7. The van der Waals surface area contributed by atoms with E-state index in [0.717, 1.165) is 10.8 Å². The first kappa shape index (κ1) is 32.9. The lowest BCUT2D eigenvalue weighted by Crippen LogP contribution is -2.45. The van der Waals surface area contributed by atoms with Crippen molar-refractivity contribution in [1.82, 2.24) is 25.1 Å². The van der Waals surface area contributed by atoms with Gasteiger partial charge < -0.3 is 25.6 Å². The number of Topliss-reactive ketones (excluding diaryl/α,β-unsaturated/α-hetero) is 1. The molecule has 0 radical (unpaired) electrons. The molecule has 1 aliphatic rings. The fraction of sp³-hybridized carbons (Fsp3) is 0.667. The summed E-state index contributed by atoms with van der Waals surface area (Å²) in [7, 11) is 0. The number of aliphatic hydroxyl groups is 2. The Balaban J connectivity index is 2.02. The number of ketones is 1. The number of H-pyrrole nitrogens is 1. The molecular formula is C21H27F6N5O8. The highest BCUT2D eigenvalue weighted by Crippen LogP contribution is 2.27. The van der Waals surface area contributed by atoms with Crippen LogP contribution in [0, 0.1) is 0 Å². The molecule has 5 N–H and O–H groups in total. The van der Waals surface area contributed by atoms with Crippen LogP contribution in [0.3, 0.4) is 0 Å². The smallest absolute Gasteiger partial charge is 0.394 e. The molecule has 0 aromatic carbocycles. The van der Waals surface area contributed by atoms with Crippen molar-refractivity contribution in [2.75, 3.05) is 39.3 Å². The highest BCUT2D eigenvalue weighted by molar-refractivity contribution is 5.82. The van der Waals surface area contributed by atoms with Gasteiger partial charge in [-0.2, -0.15) is 26.3 Å². The second-order valence-electron chi connectivity index (χ2n) is 8.75. The molecule has 1 saturated heterocycles. The molecule has 226 valence electrons. The Morgan fingerprint density at radius 1 is 1.02 bits per heavy atom. The van der Waals surface area contributed by atoms with Gasteiger partial charge in [-0.05, 0) is 0 Å². The molecule has 1 aliphatic heterocycles. The van der Waals surface area contributed by atoms with Gasteiger partial charge in [0.1, 0.15) is 18.1 Å². The van der Waals surface area contributed by atoms with Crippen LogP contribution in [0.4, 0.5) is 26.3 Å². The van der Waals surface area contributed by atoms with E-state index in [9.17, 15) is 60.5 Å². The fourth-order valence-corrected chi connectivity index (χ4v) is 3.69. The summed E-state index contributed by atoms with van der Waals surface area (Å²) < 4.78 is 80.5. The second kappa shape index (κ2) is 13.9. The monoisotopic (exact) mass is 591 g/mol. The van der Waals surface area contributed by atoms with Crippen molar-refractivity contribution in [1.29, 1.82) is 0 Å². The van der Waals surface area contributed by atoms with E-state index >= 15 is 0 Å². The van der Waals surface area contributed by atoms with Crippen molar-refractivity contribution in [3.8, 4) is 0 Å². The number of halogens is 6. The Labute approximate surface area is 221 Å². The molecule has 0 bridgehead atoms. The molecule has 0 spiro atoms. The number of hydrogen-bond acceptors (Lipinski definition) is 9. The van der Waals surface area contributed by atoms with Gasteiger partial charge >= 0.3 is 29.9 Å². The minimum absolute atomic E-state index is 0.0880. The predicted molar refractivity (Wildman–Crippen MR) is 121 cm³/mol. The highest BCUT2D eigenvalue weighted by atomic mass is 19.4. The zero-order valence-electron chi connectivity index (χ0n) is 20.7. The third kappa shape index (κ3) is 9.72. The van der Waals surface area contributed by atoms with Crippen LogP contribution in [-0.2, 0) is 25.5 Å². The minimum Gasteiger partial charge on any atom is -0.394 e. The Kier molecular flexibility index (Phi) is 11.4. The summed E-state index contributed by atoms with van der Waals surface area (Å²) >= 11 is 0. The van der Waals surface area contributed by atoms with Crippen LogP contribution in [0.1, 0.15) is 24.6 Å². The summed E-state index contributed by atoms with van der Waals surface area (Å²) in [6, 6.07) is 0. The van der Waals surface area contributed by atoms with Crippen molar-refractivity contribution in [2.45, 2.75) is 50.1 Å². The number of aliphatic hydroxyl groups excluding tert-OH is 2. The minimum atomic E-state index is -5.16. The van der Waals surface area contributed by atoms with Crippen molar-refractivity contribution in [3.05, 3.63) is 32.6 Å². The molecule has 0 aliphatic carbocycles. The topological polar surface area (TPSA) is 183 Å². The summed E-state index contributed by atoms with van der Waals surface area (Å²) in [5.41, 5.74) is -1.96. The normalized spacial score (nSPS) is 19.6. The van der Waals surface area contributed by atoms with Gasteiger partial charge in [-0.1, -0.05) is 0 Å². The first-order valence-corrected chi connectivity index (χ1v) is 11.8. The first-order chi connectivity index (χ1) is 18.5. The predicted octanol–water partition coefficient (Wildman–Crippen LogP) is -1.66. The van der Waals surface area contributed by atoms with Crippen LogP contribution < -0.4 is 21.9 Å². The first-order valence-electron chi connectivity index (χ1n) is 11.8. The molecule has 13 nitrogen and oxygen atoms in total. The third-order valence-electron chi connectivity index (χ3n) is 5.77. The maximum absolute atomic E-state index is 12.6. The van der Waals surface area contributed by atoms with Gasteiger partial charge in [-0.3, -0.25) is 33.6 Å². The molecule has 0 saturated carbocycles. The van der Waals surface area contributed by atoms with Crippen molar-refractivity contribution < 1.29 is 55.7 Å². The van der Waals surface area contributed by atoms with Crippen molar-refractivity contribution in [2.24, 2.45) is 0 Å². The lowest BCUT2D eigenvalue weighted by molar-refractivity contribution is -0.173. The number of rotatable bonds is 13. The van der Waals surface area contributed by atoms with Crippen LogP contribution in [0.15, 0.2) is 15.8 Å². The van der Waals surface area contributed by atoms with Gasteiger partial charge in [0.25, 0.3) is 5.56 Å². The van der Waals surface area contributed by atoms with Crippen LogP contribution in [0.2, 0.25) is 0 Å². The van der Waals surface area contributed by atoms with E-state index in [4.69, 9.17) is 4.74 Å². The van der Waals surface area contributed by atoms with Crippen LogP contribution in [-0.4, -0.2) is 106 Å². The lowest BCUT2D eigenvalue weighted by atomic mass is 10.1. The summed E-state index contributed by atoms with van der Waals surface area (Å²) in [5, 5.41) is 22.2. The second-order valence-corrected chi connectivity index (χ2v) is 8.75. The number of carbonyl (C=O) groups is 3. The number of hydrogen-bond donors (Lipinski definition) is 5. The summed E-state index contributed by atoms with van der Waals surface area (Å²) in [5.74, 6) is -5.08. The van der Waals surface area contributed by atoms with Gasteiger partial charge in [0.15, 0.2) is 0 Å². The van der Waals surface area contributed by atoms with E-state index in [-0.39, 0.29) is 38.0 Å². The van der Waals surface area contributed by atoms with Crippen molar-refractivity contribution in [3.63, 3.8) is 0 Å². The van der Waals surface area contributed by atoms with Gasteiger partial charge in [0, 0.05) is 63.7 Å². The van der Waals surface area contributed by atoms with E-state index in [1.807, 2.05) is 4.98 Å². The molecular weight excluding hydrogens is 564 g/mol. The van der Waals surface area contributed by atoms with E-state index < -0.39 is 85.8 Å². The molecule has 19 heteroatoms. The Morgan fingerprint density at radius 2 is 1.57 bits per heavy atom. The SMILES string of the molecule is O=C(CCN(CCNC(=O)C(F)(F)F)CCNC(=O)C(F)(F)F)Cc1cn([C@H]2C[C@H](O)[C@@H](CO)O2)c(=O)[nH]c1=O. The summed E-state index contributed by atoms with van der Waals surface area (Å²) in [6.45, 7) is -2.56. The third-order valence-corrected chi connectivity index (χ3v) is 5.77. The molecule has 1 aromatic rings. The number of nitrogens with zero attached hydrogens (tertiary/aromatic N) is 2. The number of aromatic amines is 1. The standard InChI is InChI=1S/C21H27F6N5O8/c22-20(23,24)17(37)28-2-5-31(6-3-29-18(38)21(25,26)27)4-1-12(34)7-11-9-32(19(39)30-16(11)36)15-8-13(35)14(10-33)40-15/h9,13-15,33,35H,1-8,10H2,(H,28,37)(H,29,38)(H,30,36,39)/t13-,14+,15+/m0/s1. The van der Waals surface area contributed by atoms with Gasteiger partial charge in [0.2, 0.25) is 0 Å². The van der Waals surface area contributed by atoms with Gasteiger partial charge in [0.05, 0.1) is 12.7 Å². The number of alkyl halides is 6.